The van der Waals surface area contributed by atoms with Crippen molar-refractivity contribution in [2.45, 2.75) is 38.8 Å². The number of fused-ring (bicyclic) bond motifs is 1. The summed E-state index contributed by atoms with van der Waals surface area (Å²) < 4.78 is 25.5. The molecule has 0 fully saturated rings. The summed E-state index contributed by atoms with van der Waals surface area (Å²) in [5.41, 5.74) is 2.49. The first-order valence-electron chi connectivity index (χ1n) is 13.0. The van der Waals surface area contributed by atoms with Crippen LogP contribution in [0.15, 0.2) is 82.8 Å². The largest absolute Gasteiger partial charge is 0.491 e. The lowest BCUT2D eigenvalue weighted by Gasteiger charge is -2.37. The van der Waals surface area contributed by atoms with Crippen molar-refractivity contribution in [3.63, 3.8) is 0 Å². The normalized spacial score (nSPS) is 14.8. The molecule has 5 rings (SSSR count). The maximum absolute atomic E-state index is 13.9. The van der Waals surface area contributed by atoms with Crippen LogP contribution in [-0.4, -0.2) is 41.3 Å². The molecule has 0 radical (unpaired) electrons. The fourth-order valence-electron chi connectivity index (χ4n) is 4.85. The van der Waals surface area contributed by atoms with Gasteiger partial charge in [0, 0.05) is 17.0 Å². The van der Waals surface area contributed by atoms with Crippen molar-refractivity contribution >= 4 is 23.2 Å². The zero-order valence-electron chi connectivity index (χ0n) is 22.0. The van der Waals surface area contributed by atoms with Crippen LogP contribution in [0.5, 0.6) is 5.75 Å². The number of nitrogens with zero attached hydrogens (tertiary/aromatic N) is 2. The molecule has 1 atom stereocenters. The molecule has 6 nitrogen and oxygen atoms in total. The van der Waals surface area contributed by atoms with Crippen molar-refractivity contribution in [3.8, 4) is 5.75 Å². The maximum Gasteiger partial charge on any atom is 0.254 e. The van der Waals surface area contributed by atoms with E-state index in [2.05, 4.69) is 26.0 Å². The molecule has 202 valence electrons. The lowest BCUT2D eigenvalue weighted by molar-refractivity contribution is -0.135. The number of ether oxygens (including phenoxy) is 1. The highest BCUT2D eigenvalue weighted by Crippen LogP contribution is 2.34. The van der Waals surface area contributed by atoms with Gasteiger partial charge >= 0.3 is 0 Å². The standard InChI is InChI=1S/C31H31FN2O4S/c1-21(2)22-8-10-25(11-9-22)38-20-28-27-13-16-39-29(27)12-14-34(28)30(35)19-33(18-26-7-4-15-37-26)31(36)23-5-3-6-24(32)17-23/h3-11,13,15-17,21,28H,12,14,18-20H2,1-2H3. The van der Waals surface area contributed by atoms with E-state index in [9.17, 15) is 14.0 Å². The van der Waals surface area contributed by atoms with Crippen molar-refractivity contribution in [2.75, 3.05) is 19.7 Å². The van der Waals surface area contributed by atoms with Crippen molar-refractivity contribution in [2.24, 2.45) is 0 Å². The predicted molar refractivity (Wildman–Crippen MR) is 148 cm³/mol. The summed E-state index contributed by atoms with van der Waals surface area (Å²) in [6, 6.07) is 18.8. The van der Waals surface area contributed by atoms with Crippen LogP contribution >= 0.6 is 11.3 Å². The molecule has 1 aliphatic rings. The molecule has 0 saturated heterocycles. The highest BCUT2D eigenvalue weighted by Gasteiger charge is 2.34. The molecule has 0 bridgehead atoms. The number of halogens is 1. The van der Waals surface area contributed by atoms with E-state index in [-0.39, 0.29) is 30.6 Å². The number of hydrogen-bond donors (Lipinski definition) is 0. The van der Waals surface area contributed by atoms with E-state index in [1.54, 1.807) is 34.4 Å². The van der Waals surface area contributed by atoms with Crippen LogP contribution in [-0.2, 0) is 17.8 Å². The molecule has 0 spiro atoms. The Hall–Kier alpha value is -3.91. The van der Waals surface area contributed by atoms with E-state index < -0.39 is 11.7 Å². The monoisotopic (exact) mass is 546 g/mol. The van der Waals surface area contributed by atoms with Crippen LogP contribution < -0.4 is 4.74 Å². The van der Waals surface area contributed by atoms with E-state index in [1.165, 1.54) is 39.8 Å². The number of rotatable bonds is 9. The van der Waals surface area contributed by atoms with Gasteiger partial charge in [0.25, 0.3) is 5.91 Å². The Morgan fingerprint density at radius 1 is 1.13 bits per heavy atom. The molecular weight excluding hydrogens is 515 g/mol. The number of amides is 2. The average Bonchev–Trinajstić information content (AvgIpc) is 3.63. The van der Waals surface area contributed by atoms with E-state index in [0.29, 0.717) is 24.8 Å². The topological polar surface area (TPSA) is 63.0 Å². The predicted octanol–water partition coefficient (Wildman–Crippen LogP) is 6.45. The number of benzene rings is 2. The summed E-state index contributed by atoms with van der Waals surface area (Å²) in [4.78, 5) is 31.6. The van der Waals surface area contributed by atoms with Crippen molar-refractivity contribution in [1.29, 1.82) is 0 Å². The number of hydrogen-bond acceptors (Lipinski definition) is 5. The molecule has 2 aromatic carbocycles. The minimum atomic E-state index is -0.509. The van der Waals surface area contributed by atoms with Gasteiger partial charge < -0.3 is 19.0 Å². The summed E-state index contributed by atoms with van der Waals surface area (Å²) in [5, 5.41) is 2.04. The fraction of sp³-hybridized carbons (Fsp3) is 0.290. The first kappa shape index (κ1) is 26.7. The van der Waals surface area contributed by atoms with Gasteiger partial charge in [-0.2, -0.15) is 0 Å². The van der Waals surface area contributed by atoms with Gasteiger partial charge in [-0.25, -0.2) is 4.39 Å². The third-order valence-corrected chi connectivity index (χ3v) is 7.98. The molecule has 4 aromatic rings. The SMILES string of the molecule is CC(C)c1ccc(OCC2c3ccsc3CCN2C(=O)CN(Cc2ccco2)C(=O)c2cccc(F)c2)cc1. The van der Waals surface area contributed by atoms with Gasteiger partial charge in [0.05, 0.1) is 18.8 Å². The molecule has 1 unspecified atom stereocenters. The minimum Gasteiger partial charge on any atom is -0.491 e. The van der Waals surface area contributed by atoms with Gasteiger partial charge in [-0.1, -0.05) is 32.0 Å². The van der Waals surface area contributed by atoms with Gasteiger partial charge in [-0.05, 0) is 77.4 Å². The van der Waals surface area contributed by atoms with E-state index in [1.807, 2.05) is 23.6 Å². The summed E-state index contributed by atoms with van der Waals surface area (Å²) in [7, 11) is 0. The van der Waals surface area contributed by atoms with Gasteiger partial charge in [0.15, 0.2) is 0 Å². The van der Waals surface area contributed by atoms with Crippen LogP contribution in [0.2, 0.25) is 0 Å². The summed E-state index contributed by atoms with van der Waals surface area (Å²) in [6.07, 6.45) is 2.26. The molecule has 0 aliphatic carbocycles. The smallest absolute Gasteiger partial charge is 0.254 e. The molecular formula is C31H31FN2O4S. The van der Waals surface area contributed by atoms with Gasteiger partial charge in [0.2, 0.25) is 5.91 Å². The molecule has 2 amide bonds. The third-order valence-electron chi connectivity index (χ3n) is 6.98. The number of carbonyl (C=O) groups excluding carboxylic acids is 2. The van der Waals surface area contributed by atoms with Crippen molar-refractivity contribution in [3.05, 3.63) is 112 Å². The molecule has 8 heteroatoms. The second kappa shape index (κ2) is 11.9. The Bertz CT molecular complexity index is 1410. The van der Waals surface area contributed by atoms with E-state index in [4.69, 9.17) is 9.15 Å². The van der Waals surface area contributed by atoms with E-state index in [0.717, 1.165) is 17.7 Å². The van der Waals surface area contributed by atoms with Crippen LogP contribution in [0.25, 0.3) is 0 Å². The fourth-order valence-corrected chi connectivity index (χ4v) is 5.78. The second-order valence-electron chi connectivity index (χ2n) is 9.94. The number of thiophene rings is 1. The number of furan rings is 1. The molecule has 0 saturated carbocycles. The molecule has 3 heterocycles. The van der Waals surface area contributed by atoms with Gasteiger partial charge in [0.1, 0.15) is 30.5 Å². The first-order chi connectivity index (χ1) is 18.9. The Balaban J connectivity index is 1.36. The third kappa shape index (κ3) is 6.23. The van der Waals surface area contributed by atoms with Crippen LogP contribution in [0.1, 0.15) is 57.9 Å². The Morgan fingerprint density at radius 2 is 1.95 bits per heavy atom. The summed E-state index contributed by atoms with van der Waals surface area (Å²) >= 11 is 1.68. The van der Waals surface area contributed by atoms with Gasteiger partial charge in [-0.15, -0.1) is 11.3 Å². The second-order valence-corrected chi connectivity index (χ2v) is 10.9. The first-order valence-corrected chi connectivity index (χ1v) is 13.9. The minimum absolute atomic E-state index is 0.0923. The number of carbonyl (C=O) groups is 2. The van der Waals surface area contributed by atoms with E-state index >= 15 is 0 Å². The highest BCUT2D eigenvalue weighted by molar-refractivity contribution is 7.10. The summed E-state index contributed by atoms with van der Waals surface area (Å²) in [5.74, 6) is 0.561. The molecule has 39 heavy (non-hydrogen) atoms. The lowest BCUT2D eigenvalue weighted by atomic mass is 10.00. The zero-order chi connectivity index (χ0) is 27.4. The molecule has 0 N–H and O–H groups in total. The lowest BCUT2D eigenvalue weighted by Crippen LogP contribution is -2.47. The Kier molecular flexibility index (Phi) is 8.12. The van der Waals surface area contributed by atoms with Gasteiger partial charge in [-0.3, -0.25) is 9.59 Å². The van der Waals surface area contributed by atoms with Crippen molar-refractivity contribution in [1.82, 2.24) is 9.80 Å². The molecule has 1 aliphatic heterocycles. The zero-order valence-corrected chi connectivity index (χ0v) is 22.8. The average molecular weight is 547 g/mol. The molecule has 2 aromatic heterocycles. The maximum atomic E-state index is 13.9. The van der Waals surface area contributed by atoms with Crippen LogP contribution in [0.4, 0.5) is 4.39 Å². The quantitative estimate of drug-likeness (QED) is 0.242. The van der Waals surface area contributed by atoms with Crippen LogP contribution in [0, 0.1) is 5.82 Å². The summed E-state index contributed by atoms with van der Waals surface area (Å²) in [6.45, 7) is 5.04. The Labute approximate surface area is 231 Å². The Morgan fingerprint density at radius 3 is 2.67 bits per heavy atom. The van der Waals surface area contributed by atoms with Crippen LogP contribution in [0.3, 0.4) is 0 Å². The van der Waals surface area contributed by atoms with Crippen molar-refractivity contribution < 1.29 is 23.1 Å². The highest BCUT2D eigenvalue weighted by atomic mass is 32.1.